The number of carbonyl (C=O) groups excluding carboxylic acids is 2. The number of alkyl halides is 3. The van der Waals surface area contributed by atoms with E-state index in [1.54, 1.807) is 0 Å². The lowest BCUT2D eigenvalue weighted by atomic mass is 9.96. The molecule has 0 saturated heterocycles. The minimum atomic E-state index is -5.13. The number of amides is 2. The number of ether oxygens (including phenoxy) is 1. The Morgan fingerprint density at radius 3 is 2.44 bits per heavy atom. The topological polar surface area (TPSA) is 67.4 Å². The number of rotatable bonds is 4. The maximum Gasteiger partial charge on any atom is 0.573 e. The molecule has 0 saturated carbocycles. The second-order valence-corrected chi connectivity index (χ2v) is 8.45. The first kappa shape index (κ1) is 24.0. The van der Waals surface area contributed by atoms with Crippen molar-refractivity contribution < 1.29 is 36.3 Å². The highest BCUT2D eigenvalue weighted by atomic mass is 79.9. The molecule has 4 rings (SSSR count). The Morgan fingerprint density at radius 1 is 1.06 bits per heavy atom. The van der Waals surface area contributed by atoms with E-state index in [1.807, 2.05) is 0 Å². The van der Waals surface area contributed by atoms with E-state index in [9.17, 15) is 31.5 Å². The molecule has 2 N–H and O–H groups in total. The van der Waals surface area contributed by atoms with E-state index in [0.717, 1.165) is 12.1 Å². The Morgan fingerprint density at radius 2 is 1.74 bits per heavy atom. The molecular weight excluding hydrogens is 551 g/mol. The first-order chi connectivity index (χ1) is 15.9. The van der Waals surface area contributed by atoms with Crippen LogP contribution in [0.3, 0.4) is 0 Å². The fourth-order valence-corrected chi connectivity index (χ4v) is 4.24. The number of benzene rings is 3. The standard InChI is InChI=1S/C22H11BrClF5N2O3/c23-9-5-14-18(19(31-21(14)33)12-7-10(25)1-3-15(12)24)16(6-9)30-20(32)13-8-11(26)2-4-17(13)34-22(27,28)29/h1-8,19H,(H,30,32)(H,31,33). The maximum absolute atomic E-state index is 13.9. The Kier molecular flexibility index (Phi) is 6.26. The number of hydrogen-bond donors (Lipinski definition) is 2. The normalized spacial score (nSPS) is 15.0. The van der Waals surface area contributed by atoms with Crippen LogP contribution in [0.2, 0.25) is 5.02 Å². The van der Waals surface area contributed by atoms with E-state index in [4.69, 9.17) is 11.6 Å². The third kappa shape index (κ3) is 4.85. The first-order valence-electron chi connectivity index (χ1n) is 9.39. The molecule has 0 radical (unpaired) electrons. The van der Waals surface area contributed by atoms with E-state index < -0.39 is 47.2 Å². The second kappa shape index (κ2) is 8.88. The predicted molar refractivity (Wildman–Crippen MR) is 116 cm³/mol. The van der Waals surface area contributed by atoms with E-state index in [2.05, 4.69) is 31.3 Å². The Balaban J connectivity index is 1.79. The lowest BCUT2D eigenvalue weighted by molar-refractivity contribution is -0.274. The van der Waals surface area contributed by atoms with Crippen molar-refractivity contribution in [3.8, 4) is 5.75 Å². The van der Waals surface area contributed by atoms with Crippen molar-refractivity contribution >= 4 is 45.0 Å². The Bertz CT molecular complexity index is 1330. The van der Waals surface area contributed by atoms with Gasteiger partial charge in [-0.3, -0.25) is 9.59 Å². The molecule has 5 nitrogen and oxygen atoms in total. The summed E-state index contributed by atoms with van der Waals surface area (Å²) in [5, 5.41) is 5.17. The maximum atomic E-state index is 13.9. The van der Waals surface area contributed by atoms with Crippen molar-refractivity contribution in [2.24, 2.45) is 0 Å². The first-order valence-corrected chi connectivity index (χ1v) is 10.6. The van der Waals surface area contributed by atoms with Gasteiger partial charge in [-0.15, -0.1) is 13.2 Å². The van der Waals surface area contributed by atoms with Gasteiger partial charge in [-0.2, -0.15) is 0 Å². The zero-order chi connectivity index (χ0) is 24.8. The molecule has 176 valence electrons. The van der Waals surface area contributed by atoms with Crippen molar-refractivity contribution in [3.63, 3.8) is 0 Å². The summed E-state index contributed by atoms with van der Waals surface area (Å²) >= 11 is 9.40. The van der Waals surface area contributed by atoms with Gasteiger partial charge in [0.15, 0.2) is 0 Å². The molecule has 34 heavy (non-hydrogen) atoms. The van der Waals surface area contributed by atoms with Crippen LogP contribution in [0.4, 0.5) is 27.6 Å². The minimum Gasteiger partial charge on any atom is -0.405 e. The van der Waals surface area contributed by atoms with Crippen molar-refractivity contribution in [1.29, 1.82) is 0 Å². The molecule has 1 aliphatic heterocycles. The molecule has 3 aromatic carbocycles. The van der Waals surface area contributed by atoms with Gasteiger partial charge in [0, 0.05) is 31.9 Å². The van der Waals surface area contributed by atoms with Crippen molar-refractivity contribution in [1.82, 2.24) is 5.32 Å². The number of anilines is 1. The van der Waals surface area contributed by atoms with Crippen LogP contribution in [0.5, 0.6) is 5.75 Å². The van der Waals surface area contributed by atoms with Crippen LogP contribution in [0.25, 0.3) is 0 Å². The average molecular weight is 562 g/mol. The number of halogens is 7. The molecular formula is C22H11BrClF5N2O3. The molecule has 1 atom stereocenters. The molecule has 0 spiro atoms. The molecule has 3 aromatic rings. The molecule has 1 unspecified atom stereocenters. The summed E-state index contributed by atoms with van der Waals surface area (Å²) in [6, 6.07) is 7.35. The third-order valence-electron chi connectivity index (χ3n) is 4.88. The Hall–Kier alpha value is -3.18. The minimum absolute atomic E-state index is 0.000253. The fraction of sp³-hybridized carbons (Fsp3) is 0.0909. The molecule has 0 bridgehead atoms. The van der Waals surface area contributed by atoms with Crippen molar-refractivity contribution in [2.45, 2.75) is 12.4 Å². The van der Waals surface area contributed by atoms with E-state index in [1.165, 1.54) is 18.2 Å². The van der Waals surface area contributed by atoms with Crippen LogP contribution in [-0.2, 0) is 0 Å². The van der Waals surface area contributed by atoms with Gasteiger partial charge in [-0.05, 0) is 48.5 Å². The van der Waals surface area contributed by atoms with Gasteiger partial charge in [-0.25, -0.2) is 8.78 Å². The van der Waals surface area contributed by atoms with Gasteiger partial charge >= 0.3 is 6.36 Å². The largest absolute Gasteiger partial charge is 0.573 e. The Labute approximate surface area is 202 Å². The van der Waals surface area contributed by atoms with Crippen LogP contribution in [0.1, 0.15) is 37.9 Å². The quantitative estimate of drug-likeness (QED) is 0.364. The SMILES string of the molecule is O=C(Nc1cc(Br)cc2c1C(c1cc(F)ccc1Cl)NC2=O)c1cc(F)ccc1OC(F)(F)F. The summed E-state index contributed by atoms with van der Waals surface area (Å²) in [5.74, 6) is -4.21. The molecule has 0 aromatic heterocycles. The van der Waals surface area contributed by atoms with Crippen molar-refractivity contribution in [3.05, 3.63) is 91.9 Å². The summed E-state index contributed by atoms with van der Waals surface area (Å²) in [7, 11) is 0. The van der Waals surface area contributed by atoms with Gasteiger partial charge in [-0.1, -0.05) is 27.5 Å². The molecule has 2 amide bonds. The molecule has 0 fully saturated rings. The number of fused-ring (bicyclic) bond motifs is 1. The number of hydrogen-bond acceptors (Lipinski definition) is 3. The highest BCUT2D eigenvalue weighted by Gasteiger charge is 2.36. The summed E-state index contributed by atoms with van der Waals surface area (Å²) in [6.45, 7) is 0. The van der Waals surface area contributed by atoms with E-state index in [0.29, 0.717) is 22.7 Å². The summed E-state index contributed by atoms with van der Waals surface area (Å²) < 4.78 is 70.1. The zero-order valence-corrected chi connectivity index (χ0v) is 18.9. The molecule has 0 aliphatic carbocycles. The molecule has 12 heteroatoms. The monoisotopic (exact) mass is 560 g/mol. The molecule has 1 heterocycles. The lowest BCUT2D eigenvalue weighted by Crippen LogP contribution is -2.22. The summed E-state index contributed by atoms with van der Waals surface area (Å²) in [5.41, 5.74) is -0.230. The highest BCUT2D eigenvalue weighted by molar-refractivity contribution is 9.10. The number of nitrogens with one attached hydrogen (secondary N) is 2. The van der Waals surface area contributed by atoms with Crippen molar-refractivity contribution in [2.75, 3.05) is 5.32 Å². The van der Waals surface area contributed by atoms with Gasteiger partial charge in [0.25, 0.3) is 11.8 Å². The van der Waals surface area contributed by atoms with E-state index in [-0.39, 0.29) is 27.4 Å². The number of carbonyl (C=O) groups is 2. The van der Waals surface area contributed by atoms with Gasteiger partial charge in [0.1, 0.15) is 17.4 Å². The van der Waals surface area contributed by atoms with Crippen LogP contribution in [-0.4, -0.2) is 18.2 Å². The zero-order valence-electron chi connectivity index (χ0n) is 16.6. The van der Waals surface area contributed by atoms with Gasteiger partial charge in [0.05, 0.1) is 11.6 Å². The highest BCUT2D eigenvalue weighted by Crippen LogP contribution is 2.41. The fourth-order valence-electron chi connectivity index (χ4n) is 3.55. The predicted octanol–water partition coefficient (Wildman–Crippen LogP) is 6.36. The van der Waals surface area contributed by atoms with Crippen LogP contribution in [0.15, 0.2) is 53.0 Å². The summed E-state index contributed by atoms with van der Waals surface area (Å²) in [4.78, 5) is 25.5. The van der Waals surface area contributed by atoms with E-state index >= 15 is 0 Å². The van der Waals surface area contributed by atoms with Crippen LogP contribution < -0.4 is 15.4 Å². The summed E-state index contributed by atoms with van der Waals surface area (Å²) in [6.07, 6.45) is -5.13. The third-order valence-corrected chi connectivity index (χ3v) is 5.68. The second-order valence-electron chi connectivity index (χ2n) is 7.13. The lowest BCUT2D eigenvalue weighted by Gasteiger charge is -2.19. The van der Waals surface area contributed by atoms with Gasteiger partial charge < -0.3 is 15.4 Å². The molecule has 1 aliphatic rings. The average Bonchev–Trinajstić information content (AvgIpc) is 3.06. The van der Waals surface area contributed by atoms with Crippen LogP contribution >= 0.6 is 27.5 Å². The van der Waals surface area contributed by atoms with Gasteiger partial charge in [0.2, 0.25) is 0 Å². The van der Waals surface area contributed by atoms with Crippen LogP contribution in [0, 0.1) is 11.6 Å². The smallest absolute Gasteiger partial charge is 0.405 e.